The van der Waals surface area contributed by atoms with Gasteiger partial charge in [0.15, 0.2) is 5.82 Å². The van der Waals surface area contributed by atoms with E-state index in [1.165, 1.54) is 75.8 Å². The largest absolute Gasteiger partial charge is 0.456 e. The van der Waals surface area contributed by atoms with Gasteiger partial charge in [0.25, 0.3) is 0 Å². The SMILES string of the molecule is c1ccc(-c2nc(-c3ccc(-c4cccc(-c5cc6ccc7cccc8c9cccc%10ccc%11cccc(c(c5)c6c78)c%11c%109)c4)cc3)cc(-c3ccccc3-c3cc4ccccc4o3)n2)cc1. The van der Waals surface area contributed by atoms with Gasteiger partial charge in [-0.15, -0.1) is 0 Å². The number of nitrogens with zero attached hydrogens (tertiary/aromatic N) is 2. The molecule has 0 saturated heterocycles. The molecule has 0 amide bonds. The molecule has 0 atom stereocenters. The fraction of sp³-hybridized carbons (Fsp3) is 0. The quantitative estimate of drug-likeness (QED) is 0.156. The fourth-order valence-electron chi connectivity index (χ4n) is 10.6. The molecule has 2 heterocycles. The van der Waals surface area contributed by atoms with Gasteiger partial charge in [-0.1, -0.05) is 194 Å². The van der Waals surface area contributed by atoms with Crippen molar-refractivity contribution in [3.05, 3.63) is 231 Å². The van der Waals surface area contributed by atoms with Crippen molar-refractivity contribution in [3.8, 4) is 67.5 Å². The molecule has 0 aliphatic rings. The molecule has 3 nitrogen and oxygen atoms in total. The summed E-state index contributed by atoms with van der Waals surface area (Å²) in [5, 5.41) is 16.5. The zero-order valence-corrected chi connectivity index (χ0v) is 36.2. The predicted molar refractivity (Wildman–Crippen MR) is 281 cm³/mol. The molecule has 0 bridgehead atoms. The van der Waals surface area contributed by atoms with Gasteiger partial charge in [-0.25, -0.2) is 9.97 Å². The first-order valence-corrected chi connectivity index (χ1v) is 22.9. The molecule has 0 saturated carbocycles. The summed E-state index contributed by atoms with van der Waals surface area (Å²) in [5.74, 6) is 1.48. The van der Waals surface area contributed by atoms with Crippen LogP contribution in [-0.2, 0) is 0 Å². The van der Waals surface area contributed by atoms with Crippen molar-refractivity contribution in [2.45, 2.75) is 0 Å². The van der Waals surface area contributed by atoms with Crippen LogP contribution < -0.4 is 0 Å². The van der Waals surface area contributed by atoms with Gasteiger partial charge in [0.2, 0.25) is 0 Å². The van der Waals surface area contributed by atoms with Crippen LogP contribution in [0.2, 0.25) is 0 Å². The second kappa shape index (κ2) is 14.8. The van der Waals surface area contributed by atoms with Crippen LogP contribution in [0.3, 0.4) is 0 Å². The Morgan fingerprint density at radius 3 is 1.49 bits per heavy atom. The summed E-state index contributed by atoms with van der Waals surface area (Å²) in [6, 6.07) is 83.0. The van der Waals surface area contributed by atoms with E-state index in [0.717, 1.165) is 61.5 Å². The normalized spacial score (nSPS) is 11.9. The van der Waals surface area contributed by atoms with Gasteiger partial charge in [0, 0.05) is 27.6 Å². The number of aromatic nitrogens is 2. The average molecular weight is 851 g/mol. The third-order valence-corrected chi connectivity index (χ3v) is 13.8. The average Bonchev–Trinajstić information content (AvgIpc) is 3.84. The molecule has 310 valence electrons. The Morgan fingerprint density at radius 1 is 0.269 bits per heavy atom. The van der Waals surface area contributed by atoms with E-state index in [2.05, 4.69) is 194 Å². The summed E-state index contributed by atoms with van der Waals surface area (Å²) >= 11 is 0. The number of hydrogen-bond acceptors (Lipinski definition) is 3. The van der Waals surface area contributed by atoms with Crippen LogP contribution in [-0.4, -0.2) is 9.97 Å². The molecule has 0 radical (unpaired) electrons. The van der Waals surface area contributed by atoms with Crippen molar-refractivity contribution in [2.75, 3.05) is 0 Å². The van der Waals surface area contributed by atoms with Gasteiger partial charge in [0.1, 0.15) is 11.3 Å². The Kier molecular flexibility index (Phi) is 8.28. The lowest BCUT2D eigenvalue weighted by atomic mass is 9.86. The van der Waals surface area contributed by atoms with Crippen LogP contribution in [0.4, 0.5) is 0 Å². The molecule has 0 fully saturated rings. The van der Waals surface area contributed by atoms with Crippen molar-refractivity contribution in [1.29, 1.82) is 0 Å². The molecule has 0 spiro atoms. The summed E-state index contributed by atoms with van der Waals surface area (Å²) < 4.78 is 6.39. The van der Waals surface area contributed by atoms with Crippen molar-refractivity contribution >= 4 is 75.6 Å². The topological polar surface area (TPSA) is 38.9 Å². The van der Waals surface area contributed by atoms with Crippen molar-refractivity contribution in [2.24, 2.45) is 0 Å². The maximum atomic E-state index is 6.39. The van der Waals surface area contributed by atoms with Crippen LogP contribution in [0.5, 0.6) is 0 Å². The highest BCUT2D eigenvalue weighted by molar-refractivity contribution is 6.37. The van der Waals surface area contributed by atoms with Crippen LogP contribution >= 0.6 is 0 Å². The van der Waals surface area contributed by atoms with Gasteiger partial charge in [0.05, 0.1) is 11.4 Å². The standard InChI is InChI=1S/C64H38N2O/c1-2-12-44(13-3-1)64-65-56(38-57(66-64)50-20-5-6-21-51(50)59-37-47-14-4-7-25-58(47)67-59)40-28-26-39(27-29-40)45-18-8-19-46(34-45)49-35-48-33-32-43-16-10-23-53-52-22-9-15-41-30-31-42-17-11-24-54(62(42)60(41)52)55(36-49)63(48)61(43)53/h1-38H. The number of fused-ring (bicyclic) bond motifs is 3. The lowest BCUT2D eigenvalue weighted by Crippen LogP contribution is -1.97. The van der Waals surface area contributed by atoms with E-state index in [1.54, 1.807) is 0 Å². The van der Waals surface area contributed by atoms with E-state index >= 15 is 0 Å². The molecule has 67 heavy (non-hydrogen) atoms. The molecular weight excluding hydrogens is 813 g/mol. The zero-order chi connectivity index (χ0) is 44.0. The highest BCUT2D eigenvalue weighted by Gasteiger charge is 2.19. The smallest absolute Gasteiger partial charge is 0.160 e. The summed E-state index contributed by atoms with van der Waals surface area (Å²) in [6.45, 7) is 0. The molecule has 12 aromatic carbocycles. The lowest BCUT2D eigenvalue weighted by Gasteiger charge is -2.17. The first-order chi connectivity index (χ1) is 33.2. The second-order valence-corrected chi connectivity index (χ2v) is 17.6. The Balaban J connectivity index is 0.890. The Hall–Kier alpha value is -8.92. The maximum absolute atomic E-state index is 6.39. The fourth-order valence-corrected chi connectivity index (χ4v) is 10.6. The van der Waals surface area contributed by atoms with E-state index in [9.17, 15) is 0 Å². The molecule has 3 heteroatoms. The third kappa shape index (κ3) is 6.06. The maximum Gasteiger partial charge on any atom is 0.160 e. The summed E-state index contributed by atoms with van der Waals surface area (Å²) in [6.07, 6.45) is 0. The third-order valence-electron chi connectivity index (χ3n) is 13.8. The minimum Gasteiger partial charge on any atom is -0.456 e. The molecule has 0 aliphatic heterocycles. The molecule has 2 aromatic heterocycles. The number of para-hydroxylation sites is 1. The highest BCUT2D eigenvalue weighted by Crippen LogP contribution is 2.45. The lowest BCUT2D eigenvalue weighted by molar-refractivity contribution is 0.632. The molecule has 0 N–H and O–H groups in total. The minimum absolute atomic E-state index is 0.673. The van der Waals surface area contributed by atoms with Crippen molar-refractivity contribution < 1.29 is 4.42 Å². The Bertz CT molecular complexity index is 4220. The van der Waals surface area contributed by atoms with Crippen molar-refractivity contribution in [3.63, 3.8) is 0 Å². The van der Waals surface area contributed by atoms with E-state index in [-0.39, 0.29) is 0 Å². The second-order valence-electron chi connectivity index (χ2n) is 17.6. The van der Waals surface area contributed by atoms with Gasteiger partial charge in [-0.2, -0.15) is 0 Å². The summed E-state index contributed by atoms with van der Waals surface area (Å²) in [5.41, 5.74) is 11.1. The van der Waals surface area contributed by atoms with E-state index in [1.807, 2.05) is 36.4 Å². The van der Waals surface area contributed by atoms with Gasteiger partial charge < -0.3 is 4.42 Å². The molecular formula is C64H38N2O. The Labute approximate surface area is 386 Å². The van der Waals surface area contributed by atoms with Crippen LogP contribution in [0, 0.1) is 0 Å². The first kappa shape index (κ1) is 37.5. The molecule has 14 aromatic rings. The van der Waals surface area contributed by atoms with E-state index in [4.69, 9.17) is 14.4 Å². The number of furan rings is 1. The predicted octanol–water partition coefficient (Wildman–Crippen LogP) is 17.6. The van der Waals surface area contributed by atoms with Crippen LogP contribution in [0.1, 0.15) is 0 Å². The molecule has 0 aliphatic carbocycles. The Morgan fingerprint density at radius 2 is 0.791 bits per heavy atom. The van der Waals surface area contributed by atoms with E-state index in [0.29, 0.717) is 5.82 Å². The van der Waals surface area contributed by atoms with Gasteiger partial charge in [-0.05, 0) is 123 Å². The molecule has 14 rings (SSSR count). The minimum atomic E-state index is 0.673. The molecule has 0 unspecified atom stereocenters. The van der Waals surface area contributed by atoms with Gasteiger partial charge in [-0.3, -0.25) is 0 Å². The van der Waals surface area contributed by atoms with Crippen molar-refractivity contribution in [1.82, 2.24) is 9.97 Å². The monoisotopic (exact) mass is 850 g/mol. The van der Waals surface area contributed by atoms with Crippen LogP contribution in [0.25, 0.3) is 143 Å². The number of benzene rings is 11. The summed E-state index contributed by atoms with van der Waals surface area (Å²) in [4.78, 5) is 10.4. The first-order valence-electron chi connectivity index (χ1n) is 22.9. The number of rotatable bonds is 6. The zero-order valence-electron chi connectivity index (χ0n) is 36.2. The summed E-state index contributed by atoms with van der Waals surface area (Å²) in [7, 11) is 0. The highest BCUT2D eigenvalue weighted by atomic mass is 16.3. The van der Waals surface area contributed by atoms with Crippen LogP contribution in [0.15, 0.2) is 235 Å². The number of hydrogen-bond donors (Lipinski definition) is 0. The van der Waals surface area contributed by atoms with E-state index < -0.39 is 0 Å². The van der Waals surface area contributed by atoms with Gasteiger partial charge >= 0.3 is 0 Å².